The third kappa shape index (κ3) is 3.81. The van der Waals surface area contributed by atoms with Gasteiger partial charge in [-0.1, -0.05) is 0 Å². The number of ether oxygens (including phenoxy) is 3. The van der Waals surface area contributed by atoms with Gasteiger partial charge in [0.15, 0.2) is 16.6 Å². The first kappa shape index (κ1) is 16.6. The molecule has 0 saturated carbocycles. The van der Waals surface area contributed by atoms with Gasteiger partial charge < -0.3 is 29.3 Å². The van der Waals surface area contributed by atoms with Crippen molar-refractivity contribution in [1.82, 2.24) is 9.80 Å². The summed E-state index contributed by atoms with van der Waals surface area (Å²) in [6, 6.07) is 5.67. The van der Waals surface area contributed by atoms with Crippen LogP contribution in [-0.4, -0.2) is 67.0 Å². The van der Waals surface area contributed by atoms with Crippen LogP contribution in [0, 0.1) is 0 Å². The van der Waals surface area contributed by atoms with E-state index < -0.39 is 0 Å². The van der Waals surface area contributed by atoms with Crippen molar-refractivity contribution in [2.24, 2.45) is 0 Å². The first-order chi connectivity index (χ1) is 11.7. The van der Waals surface area contributed by atoms with Crippen LogP contribution in [0.25, 0.3) is 0 Å². The molecule has 0 bridgehead atoms. The minimum absolute atomic E-state index is 0.261. The Bertz CT molecular complexity index is 617. The van der Waals surface area contributed by atoms with Crippen molar-refractivity contribution in [3.8, 4) is 11.5 Å². The van der Waals surface area contributed by atoms with Crippen LogP contribution < -0.4 is 14.8 Å². The van der Waals surface area contributed by atoms with Crippen molar-refractivity contribution in [3.05, 3.63) is 18.2 Å². The molecule has 0 aliphatic carbocycles. The number of fused-ring (bicyclic) bond motifs is 1. The van der Waals surface area contributed by atoms with Crippen LogP contribution >= 0.6 is 12.2 Å². The topological polar surface area (TPSA) is 63.3 Å². The van der Waals surface area contributed by atoms with Crippen LogP contribution in [0.5, 0.6) is 11.5 Å². The third-order valence-electron chi connectivity index (χ3n) is 3.89. The summed E-state index contributed by atoms with van der Waals surface area (Å²) in [6.07, 6.45) is -0.261. The summed E-state index contributed by atoms with van der Waals surface area (Å²) in [7, 11) is 0. The summed E-state index contributed by atoms with van der Waals surface area (Å²) >= 11 is 5.47. The molecular weight excluding hydrogens is 330 g/mol. The number of hydrogen-bond donors (Lipinski definition) is 1. The molecule has 130 valence electrons. The standard InChI is InChI=1S/C16H21N3O4S/c1-2-21-16(20)19-7-5-18(6-8-19)15(24)17-12-3-4-13-14(11-12)23-10-9-22-13/h3-4,11H,2,5-10H2,1H3,(H,17,24). The Morgan fingerprint density at radius 2 is 1.83 bits per heavy atom. The summed E-state index contributed by atoms with van der Waals surface area (Å²) in [5.41, 5.74) is 0.858. The van der Waals surface area contributed by atoms with Crippen molar-refractivity contribution < 1.29 is 19.0 Å². The maximum atomic E-state index is 11.7. The fourth-order valence-electron chi connectivity index (χ4n) is 2.63. The Balaban J connectivity index is 1.53. The Morgan fingerprint density at radius 1 is 1.17 bits per heavy atom. The highest BCUT2D eigenvalue weighted by molar-refractivity contribution is 7.80. The Kier molecular flexibility index (Phi) is 5.24. The summed E-state index contributed by atoms with van der Waals surface area (Å²) in [5.74, 6) is 1.47. The first-order valence-corrected chi connectivity index (χ1v) is 8.45. The average molecular weight is 351 g/mol. The molecular formula is C16H21N3O4S. The van der Waals surface area contributed by atoms with Crippen molar-refractivity contribution in [1.29, 1.82) is 0 Å². The smallest absolute Gasteiger partial charge is 0.409 e. The second-order valence-electron chi connectivity index (χ2n) is 5.46. The van der Waals surface area contributed by atoms with Gasteiger partial charge in [0, 0.05) is 37.9 Å². The van der Waals surface area contributed by atoms with E-state index in [0.717, 1.165) is 17.2 Å². The molecule has 8 heteroatoms. The minimum Gasteiger partial charge on any atom is -0.486 e. The lowest BCUT2D eigenvalue weighted by Crippen LogP contribution is -2.51. The number of nitrogens with zero attached hydrogens (tertiary/aromatic N) is 2. The number of rotatable bonds is 2. The Hall–Kier alpha value is -2.22. The highest BCUT2D eigenvalue weighted by atomic mass is 32.1. The molecule has 0 radical (unpaired) electrons. The molecule has 1 aromatic rings. The third-order valence-corrected chi connectivity index (χ3v) is 4.25. The quantitative estimate of drug-likeness (QED) is 0.817. The molecule has 24 heavy (non-hydrogen) atoms. The van der Waals surface area contributed by atoms with E-state index in [1.54, 1.807) is 11.8 Å². The Labute approximate surface area is 146 Å². The lowest BCUT2D eigenvalue weighted by Gasteiger charge is -2.35. The highest BCUT2D eigenvalue weighted by Gasteiger charge is 2.23. The van der Waals surface area contributed by atoms with Crippen molar-refractivity contribution in [2.75, 3.05) is 51.3 Å². The van der Waals surface area contributed by atoms with E-state index in [2.05, 4.69) is 5.32 Å². The number of thiocarbonyl (C=S) groups is 1. The van der Waals surface area contributed by atoms with Gasteiger partial charge in [-0.15, -0.1) is 0 Å². The van der Waals surface area contributed by atoms with E-state index >= 15 is 0 Å². The maximum absolute atomic E-state index is 11.7. The summed E-state index contributed by atoms with van der Waals surface area (Å²) in [5, 5.41) is 3.85. The first-order valence-electron chi connectivity index (χ1n) is 8.04. The van der Waals surface area contributed by atoms with Gasteiger partial charge in [-0.05, 0) is 31.3 Å². The van der Waals surface area contributed by atoms with Crippen molar-refractivity contribution in [2.45, 2.75) is 6.92 Å². The molecule has 1 aromatic carbocycles. The van der Waals surface area contributed by atoms with Crippen LogP contribution in [0.1, 0.15) is 6.92 Å². The molecule has 1 N–H and O–H groups in total. The van der Waals surface area contributed by atoms with Crippen molar-refractivity contribution >= 4 is 29.1 Å². The molecule has 0 atom stereocenters. The lowest BCUT2D eigenvalue weighted by molar-refractivity contribution is 0.0923. The van der Waals surface area contributed by atoms with E-state index in [4.69, 9.17) is 26.4 Å². The number of carbonyl (C=O) groups excluding carboxylic acids is 1. The highest BCUT2D eigenvalue weighted by Crippen LogP contribution is 2.32. The van der Waals surface area contributed by atoms with Gasteiger partial charge in [-0.2, -0.15) is 0 Å². The van der Waals surface area contributed by atoms with Gasteiger partial charge in [-0.25, -0.2) is 4.79 Å². The van der Waals surface area contributed by atoms with Gasteiger partial charge in [0.2, 0.25) is 0 Å². The van der Waals surface area contributed by atoms with E-state index in [9.17, 15) is 4.79 Å². The van der Waals surface area contributed by atoms with Crippen LogP contribution in [0.2, 0.25) is 0 Å². The van der Waals surface area contributed by atoms with Crippen LogP contribution in [0.4, 0.5) is 10.5 Å². The number of benzene rings is 1. The van der Waals surface area contributed by atoms with Crippen LogP contribution in [0.15, 0.2) is 18.2 Å². The Morgan fingerprint density at radius 3 is 2.54 bits per heavy atom. The largest absolute Gasteiger partial charge is 0.486 e. The van der Waals surface area contributed by atoms with Crippen LogP contribution in [0.3, 0.4) is 0 Å². The number of amides is 1. The monoisotopic (exact) mass is 351 g/mol. The molecule has 1 fully saturated rings. The van der Waals surface area contributed by atoms with Crippen LogP contribution in [-0.2, 0) is 4.74 Å². The minimum atomic E-state index is -0.261. The van der Waals surface area contributed by atoms with E-state index in [1.807, 2.05) is 23.1 Å². The molecule has 1 saturated heterocycles. The fraction of sp³-hybridized carbons (Fsp3) is 0.500. The van der Waals surface area contributed by atoms with E-state index in [-0.39, 0.29) is 6.09 Å². The molecule has 0 unspecified atom stereocenters. The van der Waals surface area contributed by atoms with Gasteiger partial charge in [0.25, 0.3) is 0 Å². The number of piperazine rings is 1. The number of carbonyl (C=O) groups is 1. The molecule has 0 spiro atoms. The fourth-order valence-corrected chi connectivity index (χ4v) is 2.93. The van der Waals surface area contributed by atoms with E-state index in [0.29, 0.717) is 51.1 Å². The zero-order valence-electron chi connectivity index (χ0n) is 13.6. The number of nitrogens with one attached hydrogen (secondary N) is 1. The number of anilines is 1. The normalized spacial score (nSPS) is 16.5. The predicted molar refractivity (Wildman–Crippen MR) is 93.8 cm³/mol. The number of hydrogen-bond acceptors (Lipinski definition) is 5. The lowest BCUT2D eigenvalue weighted by atomic mass is 10.2. The predicted octanol–water partition coefficient (Wildman–Crippen LogP) is 1.93. The zero-order chi connectivity index (χ0) is 16.9. The maximum Gasteiger partial charge on any atom is 0.409 e. The average Bonchev–Trinajstić information content (AvgIpc) is 2.62. The van der Waals surface area contributed by atoms with E-state index in [1.165, 1.54) is 0 Å². The molecule has 7 nitrogen and oxygen atoms in total. The second kappa shape index (κ2) is 7.57. The second-order valence-corrected chi connectivity index (χ2v) is 5.85. The zero-order valence-corrected chi connectivity index (χ0v) is 14.4. The summed E-state index contributed by atoms with van der Waals surface area (Å²) in [6.45, 7) is 5.87. The molecule has 2 heterocycles. The molecule has 3 rings (SSSR count). The molecule has 1 amide bonds. The molecule has 0 aromatic heterocycles. The summed E-state index contributed by atoms with van der Waals surface area (Å²) < 4.78 is 16.1. The van der Waals surface area contributed by atoms with Gasteiger partial charge in [-0.3, -0.25) is 0 Å². The molecule has 2 aliphatic heterocycles. The van der Waals surface area contributed by atoms with Crippen molar-refractivity contribution in [3.63, 3.8) is 0 Å². The van der Waals surface area contributed by atoms with Gasteiger partial charge in [0.1, 0.15) is 13.2 Å². The summed E-state index contributed by atoms with van der Waals surface area (Å²) in [4.78, 5) is 15.5. The SMILES string of the molecule is CCOC(=O)N1CCN(C(=S)Nc2ccc3c(c2)OCCO3)CC1. The molecule has 2 aliphatic rings. The van der Waals surface area contributed by atoms with Gasteiger partial charge >= 0.3 is 6.09 Å². The van der Waals surface area contributed by atoms with Gasteiger partial charge in [0.05, 0.1) is 6.61 Å².